The van der Waals surface area contributed by atoms with Crippen LogP contribution in [0.2, 0.25) is 0 Å². The van der Waals surface area contributed by atoms with Crippen LogP contribution in [0.15, 0.2) is 48.7 Å². The van der Waals surface area contributed by atoms with Gasteiger partial charge in [0.05, 0.1) is 6.04 Å². The first kappa shape index (κ1) is 12.0. The molecular formula is C15H17N3O. The number of benzene rings is 1. The normalized spacial score (nSPS) is 18.5. The largest absolute Gasteiger partial charge is 0.491 e. The third-order valence-corrected chi connectivity index (χ3v) is 3.42. The number of para-hydroxylation sites is 1. The molecular weight excluding hydrogens is 238 g/mol. The molecule has 4 heteroatoms. The van der Waals surface area contributed by atoms with Gasteiger partial charge in [0, 0.05) is 12.7 Å². The van der Waals surface area contributed by atoms with Crippen molar-refractivity contribution < 1.29 is 4.74 Å². The van der Waals surface area contributed by atoms with Crippen LogP contribution in [0.25, 0.3) is 0 Å². The number of rotatable bonds is 4. The van der Waals surface area contributed by atoms with Crippen LogP contribution in [-0.2, 0) is 0 Å². The third-order valence-electron chi connectivity index (χ3n) is 3.42. The molecule has 98 valence electrons. The third kappa shape index (κ3) is 2.84. The Morgan fingerprint density at radius 2 is 2.05 bits per heavy atom. The summed E-state index contributed by atoms with van der Waals surface area (Å²) in [6.45, 7) is 1.72. The second kappa shape index (κ2) is 5.69. The van der Waals surface area contributed by atoms with Gasteiger partial charge in [-0.1, -0.05) is 18.2 Å². The number of hydrogen-bond donors (Lipinski definition) is 0. The quantitative estimate of drug-likeness (QED) is 0.841. The summed E-state index contributed by atoms with van der Waals surface area (Å²) in [5, 5.41) is 8.14. The smallest absolute Gasteiger partial charge is 0.151 e. The zero-order valence-corrected chi connectivity index (χ0v) is 10.8. The highest BCUT2D eigenvalue weighted by Crippen LogP contribution is 2.23. The lowest BCUT2D eigenvalue weighted by Gasteiger charge is -2.25. The van der Waals surface area contributed by atoms with E-state index in [0.29, 0.717) is 12.6 Å². The number of hydrogen-bond acceptors (Lipinski definition) is 4. The summed E-state index contributed by atoms with van der Waals surface area (Å²) in [4.78, 5) is 2.29. The van der Waals surface area contributed by atoms with Crippen molar-refractivity contribution in [2.75, 3.05) is 18.1 Å². The molecule has 0 radical (unpaired) electrons. The van der Waals surface area contributed by atoms with Crippen LogP contribution in [-0.4, -0.2) is 29.4 Å². The first-order valence-electron chi connectivity index (χ1n) is 6.66. The standard InChI is InChI=1S/C15H17N3O/c1-2-7-14(8-3-1)19-12-13-6-5-11-18(13)15-9-4-10-16-17-15/h1-4,7-10,13H,5-6,11-12H2/t13-/m0/s1. The van der Waals surface area contributed by atoms with Crippen molar-refractivity contribution in [3.05, 3.63) is 48.7 Å². The highest BCUT2D eigenvalue weighted by molar-refractivity contribution is 5.39. The van der Waals surface area contributed by atoms with Crippen LogP contribution in [0.5, 0.6) is 5.75 Å². The Bertz CT molecular complexity index is 503. The minimum Gasteiger partial charge on any atom is -0.491 e. The maximum atomic E-state index is 5.85. The zero-order valence-electron chi connectivity index (χ0n) is 10.8. The van der Waals surface area contributed by atoms with E-state index in [4.69, 9.17) is 4.74 Å². The molecule has 0 bridgehead atoms. The lowest BCUT2D eigenvalue weighted by molar-refractivity contribution is 0.288. The minimum atomic E-state index is 0.386. The molecule has 1 aliphatic rings. The highest BCUT2D eigenvalue weighted by atomic mass is 16.5. The van der Waals surface area contributed by atoms with Gasteiger partial charge in [-0.25, -0.2) is 0 Å². The molecule has 2 heterocycles. The Morgan fingerprint density at radius 3 is 2.84 bits per heavy atom. The van der Waals surface area contributed by atoms with E-state index >= 15 is 0 Å². The Labute approximate surface area is 113 Å². The maximum Gasteiger partial charge on any atom is 0.151 e. The molecule has 0 spiro atoms. The van der Waals surface area contributed by atoms with Crippen LogP contribution >= 0.6 is 0 Å². The second-order valence-corrected chi connectivity index (χ2v) is 4.70. The van der Waals surface area contributed by atoms with Gasteiger partial charge in [0.25, 0.3) is 0 Å². The van der Waals surface area contributed by atoms with Crippen molar-refractivity contribution in [3.63, 3.8) is 0 Å². The fraction of sp³-hybridized carbons (Fsp3) is 0.333. The maximum absolute atomic E-state index is 5.85. The molecule has 0 aliphatic carbocycles. The van der Waals surface area contributed by atoms with Gasteiger partial charge in [0.1, 0.15) is 12.4 Å². The van der Waals surface area contributed by atoms with Gasteiger partial charge in [-0.3, -0.25) is 0 Å². The average molecular weight is 255 g/mol. The first-order chi connectivity index (χ1) is 9.43. The first-order valence-corrected chi connectivity index (χ1v) is 6.66. The molecule has 1 fully saturated rings. The Morgan fingerprint density at radius 1 is 1.16 bits per heavy atom. The van der Waals surface area contributed by atoms with E-state index in [2.05, 4.69) is 15.1 Å². The van der Waals surface area contributed by atoms with Crippen molar-refractivity contribution in [1.82, 2.24) is 10.2 Å². The summed E-state index contributed by atoms with van der Waals surface area (Å²) in [5.41, 5.74) is 0. The van der Waals surface area contributed by atoms with Gasteiger partial charge < -0.3 is 9.64 Å². The van der Waals surface area contributed by atoms with E-state index in [1.165, 1.54) is 6.42 Å². The van der Waals surface area contributed by atoms with E-state index in [1.54, 1.807) is 6.20 Å². The van der Waals surface area contributed by atoms with Crippen LogP contribution in [0.3, 0.4) is 0 Å². The molecule has 1 atom stereocenters. The van der Waals surface area contributed by atoms with Crippen molar-refractivity contribution in [2.24, 2.45) is 0 Å². The predicted octanol–water partition coefficient (Wildman–Crippen LogP) is 2.52. The molecule has 1 aliphatic heterocycles. The molecule has 4 nitrogen and oxygen atoms in total. The summed E-state index contributed by atoms with van der Waals surface area (Å²) >= 11 is 0. The highest BCUT2D eigenvalue weighted by Gasteiger charge is 2.26. The van der Waals surface area contributed by atoms with Crippen molar-refractivity contribution in [1.29, 1.82) is 0 Å². The molecule has 0 saturated carbocycles. The summed E-state index contributed by atoms with van der Waals surface area (Å²) in [5.74, 6) is 1.87. The Hall–Kier alpha value is -2.10. The topological polar surface area (TPSA) is 38.2 Å². The van der Waals surface area contributed by atoms with Gasteiger partial charge >= 0.3 is 0 Å². The van der Waals surface area contributed by atoms with Crippen LogP contribution in [0, 0.1) is 0 Å². The minimum absolute atomic E-state index is 0.386. The Kier molecular flexibility index (Phi) is 3.58. The molecule has 2 aromatic rings. The van der Waals surface area contributed by atoms with E-state index < -0.39 is 0 Å². The summed E-state index contributed by atoms with van der Waals surface area (Å²) in [6, 6.07) is 14.3. The van der Waals surface area contributed by atoms with E-state index in [0.717, 1.165) is 24.5 Å². The lowest BCUT2D eigenvalue weighted by Crippen LogP contribution is -2.34. The van der Waals surface area contributed by atoms with E-state index in [9.17, 15) is 0 Å². The molecule has 3 rings (SSSR count). The summed E-state index contributed by atoms with van der Waals surface area (Å²) in [7, 11) is 0. The van der Waals surface area contributed by atoms with Gasteiger partial charge in [0.15, 0.2) is 5.82 Å². The van der Waals surface area contributed by atoms with Crippen molar-refractivity contribution in [3.8, 4) is 5.75 Å². The number of ether oxygens (including phenoxy) is 1. The molecule has 1 saturated heterocycles. The average Bonchev–Trinajstić information content (AvgIpc) is 2.95. The monoisotopic (exact) mass is 255 g/mol. The van der Waals surface area contributed by atoms with Gasteiger partial charge in [-0.15, -0.1) is 5.10 Å². The van der Waals surface area contributed by atoms with E-state index in [-0.39, 0.29) is 0 Å². The predicted molar refractivity (Wildman–Crippen MR) is 74.3 cm³/mol. The molecule has 1 aromatic heterocycles. The molecule has 0 unspecified atom stereocenters. The fourth-order valence-electron chi connectivity index (χ4n) is 2.47. The van der Waals surface area contributed by atoms with Crippen LogP contribution < -0.4 is 9.64 Å². The Balaban J connectivity index is 1.64. The number of aromatic nitrogens is 2. The fourth-order valence-corrected chi connectivity index (χ4v) is 2.47. The molecule has 0 amide bonds. The van der Waals surface area contributed by atoms with Crippen LogP contribution in [0.1, 0.15) is 12.8 Å². The number of anilines is 1. The SMILES string of the molecule is c1ccc(OC[C@@H]2CCCN2c2cccnn2)cc1. The van der Waals surface area contributed by atoms with Crippen LogP contribution in [0.4, 0.5) is 5.82 Å². The van der Waals surface area contributed by atoms with Gasteiger partial charge in [0.2, 0.25) is 0 Å². The zero-order chi connectivity index (χ0) is 12.9. The van der Waals surface area contributed by atoms with Crippen molar-refractivity contribution >= 4 is 5.82 Å². The molecule has 1 aromatic carbocycles. The van der Waals surface area contributed by atoms with Crippen molar-refractivity contribution in [2.45, 2.75) is 18.9 Å². The van der Waals surface area contributed by atoms with E-state index in [1.807, 2.05) is 42.5 Å². The second-order valence-electron chi connectivity index (χ2n) is 4.70. The van der Waals surface area contributed by atoms with Gasteiger partial charge in [-0.2, -0.15) is 5.10 Å². The number of nitrogens with zero attached hydrogens (tertiary/aromatic N) is 3. The summed E-state index contributed by atoms with van der Waals surface area (Å²) < 4.78 is 5.85. The van der Waals surface area contributed by atoms with Gasteiger partial charge in [-0.05, 0) is 37.1 Å². The molecule has 0 N–H and O–H groups in total. The summed E-state index contributed by atoms with van der Waals surface area (Å²) in [6.07, 6.45) is 4.03. The lowest BCUT2D eigenvalue weighted by atomic mass is 10.2. The molecule has 19 heavy (non-hydrogen) atoms.